The van der Waals surface area contributed by atoms with Crippen LogP contribution in [0, 0.1) is 0 Å². The monoisotopic (exact) mass is 231 g/mol. The van der Waals surface area contributed by atoms with Gasteiger partial charge in [-0.15, -0.1) is 11.8 Å². The number of benzene rings is 1. The Hall–Kier alpha value is -1.55. The second-order valence-electron chi connectivity index (χ2n) is 3.25. The summed E-state index contributed by atoms with van der Waals surface area (Å²) >= 11 is 1.67. The lowest BCUT2D eigenvalue weighted by Crippen LogP contribution is -1.97. The zero-order valence-electron chi connectivity index (χ0n) is 9.05. The smallest absolute Gasteiger partial charge is 0.162 e. The maximum absolute atomic E-state index is 5.76. The molecule has 0 amide bonds. The summed E-state index contributed by atoms with van der Waals surface area (Å²) in [5, 5.41) is 0.925. The first-order valence-corrected chi connectivity index (χ1v) is 6.11. The average molecular weight is 231 g/mol. The van der Waals surface area contributed by atoms with E-state index in [1.807, 2.05) is 30.3 Å². The van der Waals surface area contributed by atoms with Gasteiger partial charge in [0.25, 0.3) is 0 Å². The minimum absolute atomic E-state index is 0.518. The maximum atomic E-state index is 5.76. The van der Waals surface area contributed by atoms with Gasteiger partial charge < -0.3 is 5.73 Å². The molecule has 82 valence electrons. The third kappa shape index (κ3) is 2.52. The number of nitrogen functional groups attached to an aromatic ring is 1. The maximum Gasteiger partial charge on any atom is 0.162 e. The van der Waals surface area contributed by atoms with Crippen molar-refractivity contribution in [3.63, 3.8) is 0 Å². The van der Waals surface area contributed by atoms with Crippen LogP contribution in [-0.2, 0) is 0 Å². The van der Waals surface area contributed by atoms with Gasteiger partial charge in [-0.1, -0.05) is 37.3 Å². The number of nitrogens with two attached hydrogens (primary N) is 1. The molecule has 2 rings (SSSR count). The number of anilines is 1. The number of hydrogen-bond acceptors (Lipinski definition) is 4. The highest BCUT2D eigenvalue weighted by Gasteiger charge is 2.04. The molecular formula is C12H13N3S. The second kappa shape index (κ2) is 4.99. The minimum Gasteiger partial charge on any atom is -0.384 e. The highest BCUT2D eigenvalue weighted by Crippen LogP contribution is 2.21. The molecule has 0 unspecified atom stereocenters. The Morgan fingerprint density at radius 1 is 1.19 bits per heavy atom. The van der Waals surface area contributed by atoms with Crippen LogP contribution >= 0.6 is 11.8 Å². The van der Waals surface area contributed by atoms with Crippen molar-refractivity contribution < 1.29 is 0 Å². The van der Waals surface area contributed by atoms with Crippen LogP contribution in [0.2, 0.25) is 0 Å². The summed E-state index contributed by atoms with van der Waals surface area (Å²) in [6.07, 6.45) is 0. The molecule has 4 heteroatoms. The highest BCUT2D eigenvalue weighted by molar-refractivity contribution is 7.99. The molecule has 1 heterocycles. The van der Waals surface area contributed by atoms with Crippen LogP contribution in [0.15, 0.2) is 41.4 Å². The molecule has 0 aliphatic carbocycles. The molecule has 0 atom stereocenters. The van der Waals surface area contributed by atoms with E-state index in [2.05, 4.69) is 16.9 Å². The van der Waals surface area contributed by atoms with Crippen LogP contribution in [0.25, 0.3) is 11.4 Å². The summed E-state index contributed by atoms with van der Waals surface area (Å²) < 4.78 is 0. The molecule has 1 aromatic heterocycles. The number of aromatic nitrogens is 2. The summed E-state index contributed by atoms with van der Waals surface area (Å²) in [5.41, 5.74) is 6.76. The van der Waals surface area contributed by atoms with E-state index in [0.717, 1.165) is 16.3 Å². The number of nitrogens with zero attached hydrogens (tertiary/aromatic N) is 2. The first-order valence-electron chi connectivity index (χ1n) is 5.12. The predicted molar refractivity (Wildman–Crippen MR) is 68.3 cm³/mol. The van der Waals surface area contributed by atoms with Crippen molar-refractivity contribution in [3.8, 4) is 11.4 Å². The standard InChI is InChI=1S/C12H13N3S/c1-2-16-11-8-10(13)14-12(15-11)9-6-4-3-5-7-9/h3-8H,2H2,1H3,(H2,13,14,15). The Morgan fingerprint density at radius 3 is 2.62 bits per heavy atom. The summed E-state index contributed by atoms with van der Waals surface area (Å²) in [4.78, 5) is 8.71. The third-order valence-electron chi connectivity index (χ3n) is 2.05. The van der Waals surface area contributed by atoms with Gasteiger partial charge in [-0.05, 0) is 5.75 Å². The van der Waals surface area contributed by atoms with Crippen molar-refractivity contribution in [1.29, 1.82) is 0 Å². The van der Waals surface area contributed by atoms with E-state index < -0.39 is 0 Å². The van der Waals surface area contributed by atoms with E-state index in [9.17, 15) is 0 Å². The molecule has 0 saturated heterocycles. The quantitative estimate of drug-likeness (QED) is 0.652. The largest absolute Gasteiger partial charge is 0.384 e. The Balaban J connectivity index is 2.41. The topological polar surface area (TPSA) is 51.8 Å². The van der Waals surface area contributed by atoms with Crippen LogP contribution in [0.3, 0.4) is 0 Å². The number of hydrogen-bond donors (Lipinski definition) is 1. The van der Waals surface area contributed by atoms with E-state index in [0.29, 0.717) is 11.6 Å². The zero-order valence-corrected chi connectivity index (χ0v) is 9.87. The Labute approximate surface area is 99.1 Å². The molecule has 2 aromatic rings. The van der Waals surface area contributed by atoms with Crippen LogP contribution in [0.1, 0.15) is 6.92 Å². The van der Waals surface area contributed by atoms with Gasteiger partial charge in [0.15, 0.2) is 5.82 Å². The van der Waals surface area contributed by atoms with Gasteiger partial charge in [0.1, 0.15) is 10.8 Å². The molecule has 16 heavy (non-hydrogen) atoms. The zero-order chi connectivity index (χ0) is 11.4. The van der Waals surface area contributed by atoms with Gasteiger partial charge in [0.05, 0.1) is 0 Å². The van der Waals surface area contributed by atoms with Gasteiger partial charge in [-0.3, -0.25) is 0 Å². The Morgan fingerprint density at radius 2 is 1.94 bits per heavy atom. The van der Waals surface area contributed by atoms with E-state index >= 15 is 0 Å². The first-order chi connectivity index (χ1) is 7.79. The molecule has 0 radical (unpaired) electrons. The second-order valence-corrected chi connectivity index (χ2v) is 4.54. The third-order valence-corrected chi connectivity index (χ3v) is 2.84. The predicted octanol–water partition coefficient (Wildman–Crippen LogP) is 2.84. The lowest BCUT2D eigenvalue weighted by atomic mass is 10.2. The van der Waals surface area contributed by atoms with Gasteiger partial charge >= 0.3 is 0 Å². The average Bonchev–Trinajstić information content (AvgIpc) is 2.30. The molecule has 2 N–H and O–H groups in total. The fourth-order valence-electron chi connectivity index (χ4n) is 1.38. The van der Waals surface area contributed by atoms with Gasteiger partial charge in [0, 0.05) is 11.6 Å². The lowest BCUT2D eigenvalue weighted by molar-refractivity contribution is 1.07. The van der Waals surface area contributed by atoms with Crippen LogP contribution in [0.4, 0.5) is 5.82 Å². The SMILES string of the molecule is CCSc1cc(N)nc(-c2ccccc2)n1. The Bertz CT molecular complexity index is 471. The minimum atomic E-state index is 0.518. The van der Waals surface area contributed by atoms with Crippen molar-refractivity contribution >= 4 is 17.6 Å². The summed E-state index contributed by atoms with van der Waals surface area (Å²) in [7, 11) is 0. The molecule has 1 aromatic carbocycles. The van der Waals surface area contributed by atoms with Crippen molar-refractivity contribution in [2.45, 2.75) is 11.9 Å². The van der Waals surface area contributed by atoms with E-state index in [1.54, 1.807) is 17.8 Å². The number of thioether (sulfide) groups is 1. The number of rotatable bonds is 3. The van der Waals surface area contributed by atoms with Crippen molar-refractivity contribution in [2.24, 2.45) is 0 Å². The highest BCUT2D eigenvalue weighted by atomic mass is 32.2. The van der Waals surface area contributed by atoms with Crippen LogP contribution in [-0.4, -0.2) is 15.7 Å². The Kier molecular flexibility index (Phi) is 3.41. The van der Waals surface area contributed by atoms with Crippen LogP contribution in [0.5, 0.6) is 0 Å². The normalized spacial score (nSPS) is 10.3. The molecule has 0 spiro atoms. The first kappa shape index (κ1) is 11.0. The molecule has 0 bridgehead atoms. The molecule has 0 aliphatic rings. The fourth-order valence-corrected chi connectivity index (χ4v) is 2.03. The molecule has 0 aliphatic heterocycles. The van der Waals surface area contributed by atoms with Crippen LogP contribution < -0.4 is 5.73 Å². The summed E-state index contributed by atoms with van der Waals surface area (Å²) in [6.45, 7) is 2.09. The van der Waals surface area contributed by atoms with Gasteiger partial charge in [-0.25, -0.2) is 9.97 Å². The fraction of sp³-hybridized carbons (Fsp3) is 0.167. The molecule has 3 nitrogen and oxygen atoms in total. The summed E-state index contributed by atoms with van der Waals surface area (Å²) in [6, 6.07) is 11.7. The van der Waals surface area contributed by atoms with E-state index in [4.69, 9.17) is 5.73 Å². The molecule has 0 fully saturated rings. The van der Waals surface area contributed by atoms with E-state index in [1.165, 1.54) is 0 Å². The van der Waals surface area contributed by atoms with Crippen molar-refractivity contribution in [2.75, 3.05) is 11.5 Å². The van der Waals surface area contributed by atoms with Gasteiger partial charge in [-0.2, -0.15) is 0 Å². The lowest BCUT2D eigenvalue weighted by Gasteiger charge is -2.04. The molecular weight excluding hydrogens is 218 g/mol. The van der Waals surface area contributed by atoms with Gasteiger partial charge in [0.2, 0.25) is 0 Å². The summed E-state index contributed by atoms with van der Waals surface area (Å²) in [5.74, 6) is 2.19. The van der Waals surface area contributed by atoms with Crippen molar-refractivity contribution in [3.05, 3.63) is 36.4 Å². The molecule has 0 saturated carbocycles. The van der Waals surface area contributed by atoms with Crippen molar-refractivity contribution in [1.82, 2.24) is 9.97 Å². The van der Waals surface area contributed by atoms with E-state index in [-0.39, 0.29) is 0 Å².